The van der Waals surface area contributed by atoms with Crippen LogP contribution in [0.5, 0.6) is 0 Å². The predicted octanol–water partition coefficient (Wildman–Crippen LogP) is 1.35. The number of nitro groups is 1. The number of aliphatic carboxylic acids is 1. The molecule has 0 fully saturated rings. The first kappa shape index (κ1) is 11.8. The fourth-order valence-corrected chi connectivity index (χ4v) is 1.87. The second-order valence-corrected chi connectivity index (χ2v) is 3.72. The van der Waals surface area contributed by atoms with Crippen LogP contribution in [0, 0.1) is 10.1 Å². The molecule has 2 rings (SSSR count). The van der Waals surface area contributed by atoms with Crippen molar-refractivity contribution in [3.63, 3.8) is 0 Å². The minimum atomic E-state index is -1.64. The summed E-state index contributed by atoms with van der Waals surface area (Å²) in [5.41, 5.74) is -0.0150. The van der Waals surface area contributed by atoms with Crippen molar-refractivity contribution in [2.24, 2.45) is 7.05 Å². The van der Waals surface area contributed by atoms with Gasteiger partial charge < -0.3 is 9.67 Å². The van der Waals surface area contributed by atoms with Crippen molar-refractivity contribution < 1.29 is 19.6 Å². The van der Waals surface area contributed by atoms with Crippen LogP contribution in [0.1, 0.15) is 10.4 Å². The SMILES string of the molecule is Cn1cc(C(=O)C(=O)O)c2c([N+](=O)[O-])cccc21. The lowest BCUT2D eigenvalue weighted by molar-refractivity contribution is -0.383. The van der Waals surface area contributed by atoms with Gasteiger partial charge >= 0.3 is 5.97 Å². The number of carbonyl (C=O) groups is 2. The number of non-ortho nitro benzene ring substituents is 1. The lowest BCUT2D eigenvalue weighted by Crippen LogP contribution is -2.12. The molecule has 1 N–H and O–H groups in total. The zero-order chi connectivity index (χ0) is 13.4. The molecule has 1 aromatic carbocycles. The number of ketones is 1. The van der Waals surface area contributed by atoms with E-state index in [9.17, 15) is 19.7 Å². The van der Waals surface area contributed by atoms with Crippen molar-refractivity contribution in [3.05, 3.63) is 40.1 Å². The quantitative estimate of drug-likeness (QED) is 0.382. The average molecular weight is 248 g/mol. The van der Waals surface area contributed by atoms with Crippen LogP contribution in [0.25, 0.3) is 10.9 Å². The molecule has 0 atom stereocenters. The minimum Gasteiger partial charge on any atom is -0.475 e. The van der Waals surface area contributed by atoms with Crippen LogP contribution < -0.4 is 0 Å². The molecule has 0 saturated carbocycles. The Hall–Kier alpha value is -2.70. The number of nitrogens with zero attached hydrogens (tertiary/aromatic N) is 2. The average Bonchev–Trinajstić information content (AvgIpc) is 2.65. The monoisotopic (exact) mass is 248 g/mol. The summed E-state index contributed by atoms with van der Waals surface area (Å²) in [4.78, 5) is 32.5. The van der Waals surface area contributed by atoms with Crippen LogP contribution in [0.15, 0.2) is 24.4 Å². The Labute approximate surface area is 100 Å². The summed E-state index contributed by atoms with van der Waals surface area (Å²) in [6.45, 7) is 0. The number of carbonyl (C=O) groups excluding carboxylic acids is 1. The zero-order valence-corrected chi connectivity index (χ0v) is 9.28. The predicted molar refractivity (Wildman–Crippen MR) is 61.5 cm³/mol. The van der Waals surface area contributed by atoms with Gasteiger partial charge in [-0.2, -0.15) is 0 Å². The van der Waals surface area contributed by atoms with Gasteiger partial charge in [0.1, 0.15) is 0 Å². The first-order chi connectivity index (χ1) is 8.43. The van der Waals surface area contributed by atoms with Gasteiger partial charge in [0, 0.05) is 19.3 Å². The van der Waals surface area contributed by atoms with E-state index in [4.69, 9.17) is 5.11 Å². The number of hydrogen-bond acceptors (Lipinski definition) is 4. The molecule has 2 aromatic rings. The van der Waals surface area contributed by atoms with Crippen molar-refractivity contribution in [2.45, 2.75) is 0 Å². The molecule has 0 aliphatic carbocycles. The summed E-state index contributed by atoms with van der Waals surface area (Å²) in [6.07, 6.45) is 1.29. The van der Waals surface area contributed by atoms with Crippen molar-refractivity contribution >= 4 is 28.3 Å². The third-order valence-corrected chi connectivity index (χ3v) is 2.63. The van der Waals surface area contributed by atoms with Gasteiger partial charge in [-0.1, -0.05) is 6.07 Å². The molecular weight excluding hydrogens is 240 g/mol. The lowest BCUT2D eigenvalue weighted by atomic mass is 10.1. The molecule has 0 spiro atoms. The maximum Gasteiger partial charge on any atom is 0.377 e. The van der Waals surface area contributed by atoms with E-state index in [0.717, 1.165) is 0 Å². The van der Waals surface area contributed by atoms with Crippen molar-refractivity contribution in [1.82, 2.24) is 4.57 Å². The Morgan fingerprint density at radius 2 is 2.06 bits per heavy atom. The van der Waals surface area contributed by atoms with Crippen LogP contribution in [0.4, 0.5) is 5.69 Å². The molecule has 0 bridgehead atoms. The van der Waals surface area contributed by atoms with Gasteiger partial charge in [0.15, 0.2) is 0 Å². The van der Waals surface area contributed by atoms with E-state index in [1.165, 1.54) is 22.9 Å². The van der Waals surface area contributed by atoms with Crippen LogP contribution >= 0.6 is 0 Å². The van der Waals surface area contributed by atoms with Gasteiger partial charge in [0.2, 0.25) is 0 Å². The molecule has 1 aromatic heterocycles. The lowest BCUT2D eigenvalue weighted by Gasteiger charge is -1.97. The second kappa shape index (κ2) is 3.95. The Balaban J connectivity index is 2.87. The van der Waals surface area contributed by atoms with Crippen molar-refractivity contribution in [3.8, 4) is 0 Å². The normalized spacial score (nSPS) is 10.5. The Bertz CT molecular complexity index is 686. The van der Waals surface area contributed by atoms with Crippen LogP contribution in [-0.4, -0.2) is 26.3 Å². The van der Waals surface area contributed by atoms with Gasteiger partial charge in [-0.25, -0.2) is 4.79 Å². The maximum atomic E-state index is 11.5. The molecule has 0 aliphatic rings. The van der Waals surface area contributed by atoms with E-state index in [0.29, 0.717) is 5.52 Å². The molecule has 0 unspecified atom stereocenters. The van der Waals surface area contributed by atoms with E-state index in [1.807, 2.05) is 0 Å². The molecule has 7 nitrogen and oxygen atoms in total. The summed E-state index contributed by atoms with van der Waals surface area (Å²) in [7, 11) is 1.59. The second-order valence-electron chi connectivity index (χ2n) is 3.72. The number of aryl methyl sites for hydroxylation is 1. The van der Waals surface area contributed by atoms with E-state index in [1.54, 1.807) is 13.1 Å². The maximum absolute atomic E-state index is 11.5. The highest BCUT2D eigenvalue weighted by molar-refractivity contribution is 6.42. The largest absolute Gasteiger partial charge is 0.475 e. The highest BCUT2D eigenvalue weighted by Gasteiger charge is 2.25. The van der Waals surface area contributed by atoms with Crippen LogP contribution in [-0.2, 0) is 11.8 Å². The summed E-state index contributed by atoms with van der Waals surface area (Å²) in [6, 6.07) is 4.30. The molecule has 0 aliphatic heterocycles. The number of aromatic nitrogens is 1. The van der Waals surface area contributed by atoms with Gasteiger partial charge in [-0.05, 0) is 6.07 Å². The first-order valence-corrected chi connectivity index (χ1v) is 4.93. The molecular formula is C11H8N2O5. The first-order valence-electron chi connectivity index (χ1n) is 4.93. The number of Topliss-reactive ketones (excluding diaryl/α,β-unsaturated/α-hetero) is 1. The Morgan fingerprint density at radius 1 is 1.39 bits per heavy atom. The molecule has 18 heavy (non-hydrogen) atoms. The number of carboxylic acid groups (broad SMARTS) is 1. The van der Waals surface area contributed by atoms with Crippen molar-refractivity contribution in [2.75, 3.05) is 0 Å². The molecule has 0 saturated heterocycles. The Morgan fingerprint density at radius 3 is 2.61 bits per heavy atom. The number of benzene rings is 1. The molecule has 1 heterocycles. The summed E-state index contributed by atoms with van der Waals surface area (Å²) >= 11 is 0. The molecule has 7 heteroatoms. The van der Waals surface area contributed by atoms with Crippen LogP contribution in [0.3, 0.4) is 0 Å². The topological polar surface area (TPSA) is 102 Å². The van der Waals surface area contributed by atoms with Gasteiger partial charge in [0.05, 0.1) is 21.4 Å². The summed E-state index contributed by atoms with van der Waals surface area (Å²) in [5.74, 6) is -2.80. The van der Waals surface area contributed by atoms with E-state index in [2.05, 4.69) is 0 Å². The molecule has 0 radical (unpaired) electrons. The zero-order valence-electron chi connectivity index (χ0n) is 9.28. The Kier molecular flexibility index (Phi) is 2.59. The highest BCUT2D eigenvalue weighted by atomic mass is 16.6. The van der Waals surface area contributed by atoms with Gasteiger partial charge in [-0.3, -0.25) is 14.9 Å². The minimum absolute atomic E-state index is 0.0531. The van der Waals surface area contributed by atoms with Gasteiger partial charge in [0.25, 0.3) is 11.5 Å². The van der Waals surface area contributed by atoms with E-state index in [-0.39, 0.29) is 16.6 Å². The third-order valence-electron chi connectivity index (χ3n) is 2.63. The third kappa shape index (κ3) is 1.61. The standard InChI is InChI=1S/C11H8N2O5/c1-12-5-6(10(14)11(15)16)9-7(12)3-2-4-8(9)13(17)18/h2-5H,1H3,(H,15,16). The smallest absolute Gasteiger partial charge is 0.377 e. The number of hydrogen-bond donors (Lipinski definition) is 1. The number of rotatable bonds is 3. The number of fused-ring (bicyclic) bond motifs is 1. The van der Waals surface area contributed by atoms with Crippen molar-refractivity contribution in [1.29, 1.82) is 0 Å². The molecule has 92 valence electrons. The molecule has 0 amide bonds. The summed E-state index contributed by atoms with van der Waals surface area (Å²) < 4.78 is 1.48. The van der Waals surface area contributed by atoms with E-state index >= 15 is 0 Å². The highest BCUT2D eigenvalue weighted by Crippen LogP contribution is 2.30. The fourth-order valence-electron chi connectivity index (χ4n) is 1.87. The number of carboxylic acids is 1. The summed E-state index contributed by atoms with van der Waals surface area (Å²) in [5, 5.41) is 19.7. The van der Waals surface area contributed by atoms with Crippen LogP contribution in [0.2, 0.25) is 0 Å². The number of nitro benzene ring substituents is 1. The fraction of sp³-hybridized carbons (Fsp3) is 0.0909. The van der Waals surface area contributed by atoms with E-state index < -0.39 is 16.7 Å². The van der Waals surface area contributed by atoms with Gasteiger partial charge in [-0.15, -0.1) is 0 Å².